The van der Waals surface area contributed by atoms with Crippen molar-refractivity contribution in [2.24, 2.45) is 5.41 Å². The molecule has 5 rings (SSSR count). The molecule has 142 valence electrons. The van der Waals surface area contributed by atoms with Gasteiger partial charge >= 0.3 is 0 Å². The highest BCUT2D eigenvalue weighted by atomic mass is 16.3. The van der Waals surface area contributed by atoms with Gasteiger partial charge in [0.25, 0.3) is 0 Å². The molecule has 2 unspecified atom stereocenters. The second kappa shape index (κ2) is 5.59. The van der Waals surface area contributed by atoms with Crippen molar-refractivity contribution in [1.29, 1.82) is 0 Å². The van der Waals surface area contributed by atoms with Crippen LogP contribution in [0, 0.1) is 5.41 Å². The van der Waals surface area contributed by atoms with Gasteiger partial charge in [0.2, 0.25) is 0 Å². The fraction of sp³-hybridized carbons (Fsp3) is 0.500. The summed E-state index contributed by atoms with van der Waals surface area (Å²) in [4.78, 5) is 2.55. The number of phenolic OH excluding ortho intramolecular Hbond substituents is 1. The molecule has 1 aliphatic heterocycles. The lowest BCUT2D eigenvalue weighted by Gasteiger charge is -2.62. The van der Waals surface area contributed by atoms with Crippen LogP contribution >= 0.6 is 0 Å². The van der Waals surface area contributed by atoms with Gasteiger partial charge in [-0.3, -0.25) is 4.90 Å². The number of nitrogens with zero attached hydrogens (tertiary/aromatic N) is 1. The monoisotopic (exact) mass is 363 g/mol. The number of hydrogen-bond donors (Lipinski definition) is 2. The number of likely N-dealkylation sites (tertiary alicyclic amines) is 1. The third kappa shape index (κ3) is 2.41. The van der Waals surface area contributed by atoms with Crippen molar-refractivity contribution < 1.29 is 10.2 Å². The van der Waals surface area contributed by atoms with Gasteiger partial charge in [-0.25, -0.2) is 0 Å². The molecule has 0 spiro atoms. The number of phenols is 1. The second-order valence-electron chi connectivity index (χ2n) is 9.50. The summed E-state index contributed by atoms with van der Waals surface area (Å²) >= 11 is 0. The highest BCUT2D eigenvalue weighted by Crippen LogP contribution is 2.60. The maximum atomic E-state index is 10.6. The van der Waals surface area contributed by atoms with E-state index in [-0.39, 0.29) is 10.8 Å². The molecule has 3 aliphatic rings. The largest absolute Gasteiger partial charge is 0.508 e. The Morgan fingerprint density at radius 2 is 1.78 bits per heavy atom. The maximum Gasteiger partial charge on any atom is 0.115 e. The van der Waals surface area contributed by atoms with Crippen LogP contribution in [-0.4, -0.2) is 39.8 Å². The third-order valence-corrected chi connectivity index (χ3v) is 7.71. The quantitative estimate of drug-likeness (QED) is 0.870. The molecule has 2 bridgehead atoms. The fourth-order valence-electron chi connectivity index (χ4n) is 6.01. The Hall–Kier alpha value is -1.84. The number of β-amino-alcohol motifs (C(OH)–C–C–N with tert-alkyl or cyclic N) is 1. The van der Waals surface area contributed by atoms with Crippen LogP contribution in [0.4, 0.5) is 0 Å². The molecule has 2 N–H and O–H groups in total. The Morgan fingerprint density at radius 1 is 1.04 bits per heavy atom. The normalized spacial score (nSPS) is 30.6. The summed E-state index contributed by atoms with van der Waals surface area (Å²) < 4.78 is 0. The standard InChI is InChI=1S/C24H29NO2/c1-22(2)21-14-17-8-9-19(26)15-20(17)24(22,18-6-4-3-5-7-18)12-13-25(21)16-23(27)10-11-23/h3-9,15,21,26-27H,10-14,16H2,1-2H3. The Bertz CT molecular complexity index is 871. The van der Waals surface area contributed by atoms with E-state index in [1.54, 1.807) is 0 Å². The SMILES string of the molecule is CC1(C)C2Cc3ccc(O)cc3C1(c1ccccc1)CCN2CC1(O)CC1. The lowest BCUT2D eigenvalue weighted by atomic mass is 9.48. The van der Waals surface area contributed by atoms with E-state index < -0.39 is 5.60 Å². The maximum absolute atomic E-state index is 10.6. The molecule has 2 fully saturated rings. The first kappa shape index (κ1) is 17.3. The molecule has 3 nitrogen and oxygen atoms in total. The molecule has 2 atom stereocenters. The number of aromatic hydroxyl groups is 1. The van der Waals surface area contributed by atoms with E-state index in [0.29, 0.717) is 11.8 Å². The molecule has 2 aromatic rings. The van der Waals surface area contributed by atoms with Gasteiger partial charge in [0.05, 0.1) is 5.60 Å². The van der Waals surface area contributed by atoms with Crippen LogP contribution in [-0.2, 0) is 11.8 Å². The molecule has 2 aromatic carbocycles. The molecule has 1 saturated carbocycles. The van der Waals surface area contributed by atoms with Crippen LogP contribution < -0.4 is 0 Å². The van der Waals surface area contributed by atoms with E-state index in [0.717, 1.165) is 38.8 Å². The molecule has 0 amide bonds. The molecule has 1 heterocycles. The first-order valence-corrected chi connectivity index (χ1v) is 10.2. The molecule has 0 aromatic heterocycles. The summed E-state index contributed by atoms with van der Waals surface area (Å²) in [5.74, 6) is 0.355. The van der Waals surface area contributed by atoms with Crippen LogP contribution in [0.25, 0.3) is 0 Å². The molecule has 3 heteroatoms. The summed E-state index contributed by atoms with van der Waals surface area (Å²) in [7, 11) is 0. The van der Waals surface area contributed by atoms with Crippen LogP contribution in [0.2, 0.25) is 0 Å². The van der Waals surface area contributed by atoms with E-state index in [4.69, 9.17) is 0 Å². The Kier molecular flexibility index (Phi) is 3.57. The zero-order valence-corrected chi connectivity index (χ0v) is 16.3. The minimum absolute atomic E-state index is 0.00134. The first-order valence-electron chi connectivity index (χ1n) is 10.2. The van der Waals surface area contributed by atoms with Gasteiger partial charge < -0.3 is 10.2 Å². The van der Waals surface area contributed by atoms with E-state index in [1.807, 2.05) is 12.1 Å². The van der Waals surface area contributed by atoms with Crippen molar-refractivity contribution in [1.82, 2.24) is 4.90 Å². The van der Waals surface area contributed by atoms with Gasteiger partial charge in [-0.15, -0.1) is 0 Å². The smallest absolute Gasteiger partial charge is 0.115 e. The van der Waals surface area contributed by atoms with E-state index in [9.17, 15) is 10.2 Å². The van der Waals surface area contributed by atoms with Crippen molar-refractivity contribution >= 4 is 0 Å². The predicted molar refractivity (Wildman–Crippen MR) is 107 cm³/mol. The molecular weight excluding hydrogens is 334 g/mol. The van der Waals surface area contributed by atoms with Gasteiger partial charge in [0, 0.05) is 18.0 Å². The van der Waals surface area contributed by atoms with Gasteiger partial charge in [-0.05, 0) is 66.5 Å². The number of benzene rings is 2. The van der Waals surface area contributed by atoms with Crippen molar-refractivity contribution in [3.63, 3.8) is 0 Å². The van der Waals surface area contributed by atoms with Gasteiger partial charge in [0.1, 0.15) is 5.75 Å². The van der Waals surface area contributed by atoms with Crippen LogP contribution in [0.1, 0.15) is 49.8 Å². The summed E-state index contributed by atoms with van der Waals surface area (Å²) in [6, 6.07) is 17.2. The predicted octanol–water partition coefficient (Wildman–Crippen LogP) is 3.86. The Morgan fingerprint density at radius 3 is 2.48 bits per heavy atom. The minimum atomic E-state index is -0.460. The lowest BCUT2D eigenvalue weighted by Crippen LogP contribution is -2.66. The van der Waals surface area contributed by atoms with Crippen LogP contribution in [0.15, 0.2) is 48.5 Å². The van der Waals surface area contributed by atoms with Crippen molar-refractivity contribution in [3.05, 3.63) is 65.2 Å². The molecule has 0 radical (unpaired) electrons. The van der Waals surface area contributed by atoms with Crippen LogP contribution in [0.5, 0.6) is 5.75 Å². The van der Waals surface area contributed by atoms with E-state index in [1.165, 1.54) is 16.7 Å². The average molecular weight is 364 g/mol. The number of rotatable bonds is 3. The van der Waals surface area contributed by atoms with Crippen LogP contribution in [0.3, 0.4) is 0 Å². The summed E-state index contributed by atoms with van der Waals surface area (Å²) in [6.07, 6.45) is 3.86. The topological polar surface area (TPSA) is 43.7 Å². The average Bonchev–Trinajstić information content (AvgIpc) is 3.36. The summed E-state index contributed by atoms with van der Waals surface area (Å²) in [5, 5.41) is 20.9. The Balaban J connectivity index is 1.69. The van der Waals surface area contributed by atoms with E-state index >= 15 is 0 Å². The number of piperidine rings is 1. The third-order valence-electron chi connectivity index (χ3n) is 7.71. The summed E-state index contributed by atoms with van der Waals surface area (Å²) in [5.41, 5.74) is 3.40. The molecule has 2 aliphatic carbocycles. The number of hydrogen-bond acceptors (Lipinski definition) is 3. The van der Waals surface area contributed by atoms with Crippen molar-refractivity contribution in [3.8, 4) is 5.75 Å². The van der Waals surface area contributed by atoms with Crippen molar-refractivity contribution in [2.45, 2.75) is 56.6 Å². The highest BCUT2D eigenvalue weighted by molar-refractivity contribution is 5.53. The second-order valence-corrected chi connectivity index (χ2v) is 9.50. The minimum Gasteiger partial charge on any atom is -0.508 e. The lowest BCUT2D eigenvalue weighted by molar-refractivity contribution is -0.0505. The summed E-state index contributed by atoms with van der Waals surface area (Å²) in [6.45, 7) is 6.56. The Labute approximate surface area is 161 Å². The number of fused-ring (bicyclic) bond motifs is 4. The van der Waals surface area contributed by atoms with Crippen molar-refractivity contribution in [2.75, 3.05) is 13.1 Å². The molecule has 27 heavy (non-hydrogen) atoms. The fourth-order valence-corrected chi connectivity index (χ4v) is 6.01. The van der Waals surface area contributed by atoms with Gasteiger partial charge in [0.15, 0.2) is 0 Å². The van der Waals surface area contributed by atoms with Gasteiger partial charge in [-0.1, -0.05) is 50.2 Å². The first-order chi connectivity index (χ1) is 12.9. The van der Waals surface area contributed by atoms with E-state index in [2.05, 4.69) is 55.1 Å². The molecular formula is C24H29NO2. The molecule has 1 saturated heterocycles. The van der Waals surface area contributed by atoms with Gasteiger partial charge in [-0.2, -0.15) is 0 Å². The zero-order chi connectivity index (χ0) is 18.9. The number of aliphatic hydroxyl groups is 1. The highest BCUT2D eigenvalue weighted by Gasteiger charge is 2.60. The zero-order valence-electron chi connectivity index (χ0n) is 16.3.